The van der Waals surface area contributed by atoms with Crippen LogP contribution in [-0.4, -0.2) is 75.3 Å². The molecule has 3 fully saturated rings. The van der Waals surface area contributed by atoms with Gasteiger partial charge in [-0.15, -0.1) is 11.8 Å². The minimum atomic E-state index is -1.60. The predicted molar refractivity (Wildman–Crippen MR) is 177 cm³/mol. The van der Waals surface area contributed by atoms with E-state index in [4.69, 9.17) is 4.74 Å². The van der Waals surface area contributed by atoms with Gasteiger partial charge in [0.25, 0.3) is 5.91 Å². The van der Waals surface area contributed by atoms with Gasteiger partial charge >= 0.3 is 6.09 Å². The molecule has 3 aliphatic rings. The van der Waals surface area contributed by atoms with Crippen LogP contribution in [0.15, 0.2) is 54.6 Å². The molecule has 2 aliphatic carbocycles. The monoisotopic (exact) mass is 650 g/mol. The SMILES string of the molecule is Cc1ccccc1CNC(=O)[C@H]1N(C(=O)[C@@H](O)[C@H](Cc2ccccc2)NC(=O)CCNC(=O)OC2CC3CCC2C3)CSC1(C)C. The molecule has 0 spiro atoms. The van der Waals surface area contributed by atoms with Gasteiger partial charge in [0.05, 0.1) is 11.9 Å². The van der Waals surface area contributed by atoms with E-state index >= 15 is 0 Å². The molecule has 0 aromatic heterocycles. The van der Waals surface area contributed by atoms with Crippen molar-refractivity contribution in [1.29, 1.82) is 0 Å². The number of nitrogens with one attached hydrogen (secondary N) is 3. The number of rotatable bonds is 12. The lowest BCUT2D eigenvalue weighted by atomic mass is 9.97. The van der Waals surface area contributed by atoms with Crippen LogP contribution in [0, 0.1) is 18.8 Å². The zero-order valence-corrected chi connectivity index (χ0v) is 27.7. The van der Waals surface area contributed by atoms with Crippen molar-refractivity contribution in [1.82, 2.24) is 20.9 Å². The average Bonchev–Trinajstić information content (AvgIpc) is 3.74. The highest BCUT2D eigenvalue weighted by Gasteiger charge is 2.50. The predicted octanol–water partition coefficient (Wildman–Crippen LogP) is 3.68. The molecule has 46 heavy (non-hydrogen) atoms. The second-order valence-electron chi connectivity index (χ2n) is 13.3. The van der Waals surface area contributed by atoms with Gasteiger partial charge in [-0.3, -0.25) is 14.4 Å². The van der Waals surface area contributed by atoms with Gasteiger partial charge in [-0.05, 0) is 81.4 Å². The molecule has 1 aliphatic heterocycles. The Balaban J connectivity index is 1.20. The molecule has 10 nitrogen and oxygen atoms in total. The lowest BCUT2D eigenvalue weighted by Gasteiger charge is -2.33. The number of fused-ring (bicyclic) bond motifs is 2. The van der Waals surface area contributed by atoms with Crippen molar-refractivity contribution < 1.29 is 29.0 Å². The van der Waals surface area contributed by atoms with Gasteiger partial charge in [0.2, 0.25) is 11.8 Å². The first-order chi connectivity index (χ1) is 22.0. The summed E-state index contributed by atoms with van der Waals surface area (Å²) in [6, 6.07) is 15.3. The summed E-state index contributed by atoms with van der Waals surface area (Å²) in [7, 11) is 0. The highest BCUT2D eigenvalue weighted by molar-refractivity contribution is 8.00. The standard InChI is InChI=1S/C35H46N4O6S/c1-22-9-7-8-12-26(22)20-37-32(42)31-35(2,3)46-21-39(31)33(43)30(41)27(18-23-10-5-4-6-11-23)38-29(40)15-16-36-34(44)45-28-19-24-13-14-25(28)17-24/h4-12,24-25,27-28,30-31,41H,13-21H2,1-3H3,(H,36,44)(H,37,42)(H,38,40)/t24?,25?,27-,28?,30-,31+/m0/s1. The molecule has 3 unspecified atom stereocenters. The Labute approximate surface area is 275 Å². The van der Waals surface area contributed by atoms with Crippen molar-refractivity contribution in [2.75, 3.05) is 12.4 Å². The van der Waals surface area contributed by atoms with Crippen LogP contribution in [0.1, 0.15) is 62.6 Å². The molecular formula is C35H46N4O6S. The van der Waals surface area contributed by atoms with Crippen molar-refractivity contribution in [3.63, 3.8) is 0 Å². The molecule has 248 valence electrons. The van der Waals surface area contributed by atoms with Crippen molar-refractivity contribution in [2.24, 2.45) is 11.8 Å². The summed E-state index contributed by atoms with van der Waals surface area (Å²) in [5, 5.41) is 19.9. The summed E-state index contributed by atoms with van der Waals surface area (Å²) >= 11 is 1.47. The van der Waals surface area contributed by atoms with Crippen LogP contribution >= 0.6 is 11.8 Å². The Morgan fingerprint density at radius 2 is 1.76 bits per heavy atom. The van der Waals surface area contributed by atoms with E-state index in [0.717, 1.165) is 36.0 Å². The first kappa shape index (κ1) is 33.8. The third-order valence-corrected chi connectivity index (χ3v) is 11.0. The van der Waals surface area contributed by atoms with Gasteiger partial charge in [-0.2, -0.15) is 0 Å². The van der Waals surface area contributed by atoms with Gasteiger partial charge in [-0.25, -0.2) is 4.79 Å². The molecule has 2 saturated carbocycles. The number of alkyl carbamates (subject to hydrolysis) is 1. The molecule has 1 saturated heterocycles. The van der Waals surface area contributed by atoms with Crippen LogP contribution in [-0.2, 0) is 32.1 Å². The Morgan fingerprint density at radius 1 is 1.02 bits per heavy atom. The number of hydrogen-bond donors (Lipinski definition) is 4. The molecule has 0 radical (unpaired) electrons. The second-order valence-corrected chi connectivity index (χ2v) is 14.9. The van der Waals surface area contributed by atoms with Crippen molar-refractivity contribution in [3.05, 3.63) is 71.3 Å². The van der Waals surface area contributed by atoms with E-state index in [9.17, 15) is 24.3 Å². The molecule has 5 rings (SSSR count). The molecule has 4 amide bonds. The van der Waals surface area contributed by atoms with Gasteiger partial charge < -0.3 is 30.7 Å². The molecule has 2 aromatic carbocycles. The Hall–Kier alpha value is -3.57. The minimum Gasteiger partial charge on any atom is -0.446 e. The second kappa shape index (κ2) is 14.9. The van der Waals surface area contributed by atoms with Crippen molar-refractivity contribution in [3.8, 4) is 0 Å². The Kier molecular flexibility index (Phi) is 10.9. The number of carbonyl (C=O) groups excluding carboxylic acids is 4. The third-order valence-electron chi connectivity index (χ3n) is 9.62. The summed E-state index contributed by atoms with van der Waals surface area (Å²) in [5.41, 5.74) is 2.87. The highest BCUT2D eigenvalue weighted by atomic mass is 32.2. The van der Waals surface area contributed by atoms with Crippen molar-refractivity contribution >= 4 is 35.6 Å². The molecule has 2 aromatic rings. The maximum atomic E-state index is 13.9. The zero-order chi connectivity index (χ0) is 32.8. The van der Waals surface area contributed by atoms with E-state index in [1.807, 2.05) is 75.4 Å². The van der Waals surface area contributed by atoms with Gasteiger partial charge in [0, 0.05) is 24.3 Å². The van der Waals surface area contributed by atoms with Crippen LogP contribution in [0.5, 0.6) is 0 Å². The van der Waals surface area contributed by atoms with E-state index < -0.39 is 40.8 Å². The Morgan fingerprint density at radius 3 is 2.46 bits per heavy atom. The fourth-order valence-electron chi connectivity index (χ4n) is 7.02. The van der Waals surface area contributed by atoms with Crippen LogP contribution in [0.25, 0.3) is 0 Å². The van der Waals surface area contributed by atoms with E-state index in [1.54, 1.807) is 0 Å². The maximum absolute atomic E-state index is 13.9. The molecule has 1 heterocycles. The number of ether oxygens (including phenoxy) is 1. The highest BCUT2D eigenvalue weighted by Crippen LogP contribution is 2.46. The topological polar surface area (TPSA) is 137 Å². The smallest absolute Gasteiger partial charge is 0.407 e. The number of amides is 4. The Bertz CT molecular complexity index is 1400. The molecule has 2 bridgehead atoms. The van der Waals surface area contributed by atoms with Crippen molar-refractivity contribution in [2.45, 2.75) is 94.9 Å². The number of hydrogen-bond acceptors (Lipinski definition) is 7. The molecular weight excluding hydrogens is 604 g/mol. The number of thioether (sulfide) groups is 1. The fraction of sp³-hybridized carbons (Fsp3) is 0.543. The molecule has 4 N–H and O–H groups in total. The summed E-state index contributed by atoms with van der Waals surface area (Å²) in [4.78, 5) is 54.2. The lowest BCUT2D eigenvalue weighted by molar-refractivity contribution is -0.147. The first-order valence-electron chi connectivity index (χ1n) is 16.2. The third kappa shape index (κ3) is 8.22. The largest absolute Gasteiger partial charge is 0.446 e. The van der Waals surface area contributed by atoms with E-state index in [-0.39, 0.29) is 37.3 Å². The summed E-state index contributed by atoms with van der Waals surface area (Å²) in [6.45, 7) is 6.18. The number of benzene rings is 2. The van der Waals surface area contributed by atoms with Crippen LogP contribution < -0.4 is 16.0 Å². The number of aliphatic hydroxyl groups excluding tert-OH is 1. The minimum absolute atomic E-state index is 0.0471. The maximum Gasteiger partial charge on any atom is 0.407 e. The van der Waals surface area contributed by atoms with Gasteiger partial charge in [0.15, 0.2) is 6.10 Å². The number of aryl methyl sites for hydroxylation is 1. The van der Waals surface area contributed by atoms with E-state index in [2.05, 4.69) is 16.0 Å². The van der Waals surface area contributed by atoms with E-state index in [0.29, 0.717) is 18.4 Å². The number of carbonyl (C=O) groups is 4. The number of aliphatic hydroxyl groups is 1. The van der Waals surface area contributed by atoms with Gasteiger partial charge in [-0.1, -0.05) is 54.6 Å². The summed E-state index contributed by atoms with van der Waals surface area (Å²) in [6.07, 6.45) is 2.32. The summed E-state index contributed by atoms with van der Waals surface area (Å²) < 4.78 is 5.01. The zero-order valence-electron chi connectivity index (χ0n) is 26.9. The fourth-order valence-corrected chi connectivity index (χ4v) is 8.16. The van der Waals surface area contributed by atoms with Crippen LogP contribution in [0.3, 0.4) is 0 Å². The van der Waals surface area contributed by atoms with Gasteiger partial charge in [0.1, 0.15) is 12.1 Å². The lowest BCUT2D eigenvalue weighted by Crippen LogP contribution is -2.58. The molecule has 6 atom stereocenters. The number of nitrogens with zero attached hydrogens (tertiary/aromatic N) is 1. The van der Waals surface area contributed by atoms with E-state index in [1.165, 1.54) is 23.1 Å². The van der Waals surface area contributed by atoms with Crippen LogP contribution in [0.2, 0.25) is 0 Å². The normalized spacial score (nSPS) is 24.2. The quantitative estimate of drug-likeness (QED) is 0.275. The van der Waals surface area contributed by atoms with Crippen LogP contribution in [0.4, 0.5) is 4.79 Å². The first-order valence-corrected chi connectivity index (χ1v) is 17.2. The molecule has 11 heteroatoms. The summed E-state index contributed by atoms with van der Waals surface area (Å²) in [5.74, 6) is -0.0235. The average molecular weight is 651 g/mol.